The molecule has 0 N–H and O–H groups in total. The van der Waals surface area contributed by atoms with Crippen molar-refractivity contribution in [3.8, 4) is 0 Å². The summed E-state index contributed by atoms with van der Waals surface area (Å²) in [5.41, 5.74) is 1.36. The fraction of sp³-hybridized carbons (Fsp3) is 0.429. The molecule has 17 heavy (non-hydrogen) atoms. The number of rotatable bonds is 3. The topological polar surface area (TPSA) is 30.7 Å². The van der Waals surface area contributed by atoms with Crippen molar-refractivity contribution < 1.29 is 0 Å². The molecule has 0 amide bonds. The summed E-state index contributed by atoms with van der Waals surface area (Å²) in [7, 11) is 0. The Morgan fingerprint density at radius 2 is 1.94 bits per heavy atom. The van der Waals surface area contributed by atoms with E-state index in [2.05, 4.69) is 45.1 Å². The van der Waals surface area contributed by atoms with Gasteiger partial charge in [0, 0.05) is 19.4 Å². The minimum absolute atomic E-state index is 0.948. The average Bonchev–Trinajstić information content (AvgIpc) is 2.80. The Labute approximate surface area is 101 Å². The molecule has 0 saturated heterocycles. The summed E-state index contributed by atoms with van der Waals surface area (Å²) in [5.74, 6) is 2.19. The summed E-state index contributed by atoms with van der Waals surface area (Å²) in [6.45, 7) is 1.05. The first-order chi connectivity index (χ1) is 8.42. The Bertz CT molecular complexity index is 464. The summed E-state index contributed by atoms with van der Waals surface area (Å²) < 4.78 is 2.09. The molecule has 3 heteroatoms. The van der Waals surface area contributed by atoms with Gasteiger partial charge in [-0.1, -0.05) is 30.3 Å². The highest BCUT2D eigenvalue weighted by Gasteiger charge is 2.13. The van der Waals surface area contributed by atoms with Crippen LogP contribution in [0.15, 0.2) is 30.3 Å². The van der Waals surface area contributed by atoms with Gasteiger partial charge in [0.15, 0.2) is 5.82 Å². The lowest BCUT2D eigenvalue weighted by Crippen LogP contribution is -2.11. The first-order valence-electron chi connectivity index (χ1n) is 6.38. The molecule has 0 fully saturated rings. The first kappa shape index (κ1) is 10.5. The van der Waals surface area contributed by atoms with E-state index >= 15 is 0 Å². The maximum Gasteiger partial charge on any atom is 0.151 e. The van der Waals surface area contributed by atoms with Crippen LogP contribution in [-0.4, -0.2) is 14.8 Å². The number of nitrogens with zero attached hydrogens (tertiary/aromatic N) is 3. The second kappa shape index (κ2) is 4.70. The molecule has 1 aromatic carbocycles. The minimum atomic E-state index is 0.948. The van der Waals surface area contributed by atoms with Gasteiger partial charge in [-0.2, -0.15) is 5.10 Å². The van der Waals surface area contributed by atoms with E-state index in [0.717, 1.165) is 31.6 Å². The Balaban J connectivity index is 1.67. The van der Waals surface area contributed by atoms with Gasteiger partial charge in [-0.15, -0.1) is 0 Å². The van der Waals surface area contributed by atoms with Crippen molar-refractivity contribution in [3.63, 3.8) is 0 Å². The van der Waals surface area contributed by atoms with Crippen LogP contribution in [0.25, 0.3) is 0 Å². The Morgan fingerprint density at radius 1 is 1.06 bits per heavy atom. The van der Waals surface area contributed by atoms with Crippen LogP contribution in [0.3, 0.4) is 0 Å². The molecular weight excluding hydrogens is 210 g/mol. The van der Waals surface area contributed by atoms with Gasteiger partial charge < -0.3 is 0 Å². The van der Waals surface area contributed by atoms with Gasteiger partial charge in [-0.05, 0) is 24.8 Å². The normalized spacial score (nSPS) is 14.6. The van der Waals surface area contributed by atoms with Crippen LogP contribution in [0.4, 0.5) is 0 Å². The second-order valence-corrected chi connectivity index (χ2v) is 4.61. The number of aryl methyl sites for hydroxylation is 4. The van der Waals surface area contributed by atoms with Crippen LogP contribution in [0.5, 0.6) is 0 Å². The molecule has 2 aromatic rings. The zero-order chi connectivity index (χ0) is 11.5. The fourth-order valence-electron chi connectivity index (χ4n) is 2.34. The maximum atomic E-state index is 4.62. The lowest BCUT2D eigenvalue weighted by atomic mass is 10.1. The van der Waals surface area contributed by atoms with E-state index in [9.17, 15) is 0 Å². The van der Waals surface area contributed by atoms with Gasteiger partial charge in [0.05, 0.1) is 0 Å². The highest BCUT2D eigenvalue weighted by atomic mass is 15.3. The van der Waals surface area contributed by atoms with Crippen molar-refractivity contribution >= 4 is 0 Å². The van der Waals surface area contributed by atoms with E-state index < -0.39 is 0 Å². The summed E-state index contributed by atoms with van der Waals surface area (Å²) in [6.07, 6.45) is 5.58. The third-order valence-electron chi connectivity index (χ3n) is 3.29. The van der Waals surface area contributed by atoms with Gasteiger partial charge in [0.1, 0.15) is 5.82 Å². The highest BCUT2D eigenvalue weighted by Crippen LogP contribution is 2.13. The number of fused-ring (bicyclic) bond motifs is 1. The molecule has 0 bridgehead atoms. The molecule has 1 aliphatic heterocycles. The number of hydrogen-bond donors (Lipinski definition) is 0. The first-order valence-corrected chi connectivity index (χ1v) is 6.38. The monoisotopic (exact) mass is 227 g/mol. The molecule has 1 aromatic heterocycles. The van der Waals surface area contributed by atoms with Crippen LogP contribution < -0.4 is 0 Å². The predicted molar refractivity (Wildman–Crippen MR) is 66.8 cm³/mol. The number of aromatic nitrogens is 3. The zero-order valence-electron chi connectivity index (χ0n) is 9.97. The van der Waals surface area contributed by atoms with Crippen LogP contribution in [0.1, 0.15) is 30.1 Å². The molecular formula is C14H17N3. The van der Waals surface area contributed by atoms with Crippen molar-refractivity contribution in [2.45, 2.75) is 38.6 Å². The van der Waals surface area contributed by atoms with Crippen LogP contribution >= 0.6 is 0 Å². The minimum Gasteiger partial charge on any atom is -0.250 e. The van der Waals surface area contributed by atoms with Crippen LogP contribution in [-0.2, 0) is 25.8 Å². The van der Waals surface area contributed by atoms with Crippen LogP contribution in [0, 0.1) is 0 Å². The Kier molecular flexibility index (Phi) is 2.90. The molecule has 0 saturated carbocycles. The van der Waals surface area contributed by atoms with E-state index in [4.69, 9.17) is 0 Å². The van der Waals surface area contributed by atoms with Gasteiger partial charge in [-0.25, -0.2) is 9.67 Å². The molecule has 2 heterocycles. The lowest BCUT2D eigenvalue weighted by molar-refractivity contribution is 0.478. The average molecular weight is 227 g/mol. The lowest BCUT2D eigenvalue weighted by Gasteiger charge is -2.09. The van der Waals surface area contributed by atoms with Crippen molar-refractivity contribution in [3.05, 3.63) is 47.5 Å². The van der Waals surface area contributed by atoms with Gasteiger partial charge in [0.2, 0.25) is 0 Å². The molecule has 3 rings (SSSR count). The summed E-state index contributed by atoms with van der Waals surface area (Å²) in [5, 5.41) is 4.57. The molecule has 3 nitrogen and oxygen atoms in total. The van der Waals surface area contributed by atoms with Crippen molar-refractivity contribution in [1.82, 2.24) is 14.8 Å². The summed E-state index contributed by atoms with van der Waals surface area (Å²) in [6, 6.07) is 10.5. The third kappa shape index (κ3) is 2.38. The van der Waals surface area contributed by atoms with E-state index in [-0.39, 0.29) is 0 Å². The Morgan fingerprint density at radius 3 is 2.76 bits per heavy atom. The molecule has 0 spiro atoms. The zero-order valence-corrected chi connectivity index (χ0v) is 9.97. The summed E-state index contributed by atoms with van der Waals surface area (Å²) >= 11 is 0. The number of benzene rings is 1. The molecule has 1 aliphatic rings. The van der Waals surface area contributed by atoms with Gasteiger partial charge in [0.25, 0.3) is 0 Å². The second-order valence-electron chi connectivity index (χ2n) is 4.61. The third-order valence-corrected chi connectivity index (χ3v) is 3.29. The quantitative estimate of drug-likeness (QED) is 0.806. The molecule has 0 radical (unpaired) electrons. The predicted octanol–water partition coefficient (Wildman–Crippen LogP) is 2.40. The van der Waals surface area contributed by atoms with Crippen molar-refractivity contribution in [1.29, 1.82) is 0 Å². The van der Waals surface area contributed by atoms with Gasteiger partial charge >= 0.3 is 0 Å². The molecule has 0 unspecified atom stereocenters. The molecule has 0 aliphatic carbocycles. The maximum absolute atomic E-state index is 4.62. The fourth-order valence-corrected chi connectivity index (χ4v) is 2.34. The Hall–Kier alpha value is -1.64. The van der Waals surface area contributed by atoms with Crippen molar-refractivity contribution in [2.24, 2.45) is 0 Å². The van der Waals surface area contributed by atoms with E-state index in [1.165, 1.54) is 24.2 Å². The largest absolute Gasteiger partial charge is 0.250 e. The van der Waals surface area contributed by atoms with E-state index in [1.54, 1.807) is 0 Å². The standard InChI is InChI=1S/C14H17N3/c1-2-6-12(7-3-1)9-10-13-15-14-8-4-5-11-17(14)16-13/h1-3,6-7H,4-5,8-11H2. The highest BCUT2D eigenvalue weighted by molar-refractivity contribution is 5.15. The van der Waals surface area contributed by atoms with Crippen molar-refractivity contribution in [2.75, 3.05) is 0 Å². The number of hydrogen-bond acceptors (Lipinski definition) is 2. The van der Waals surface area contributed by atoms with E-state index in [1.807, 2.05) is 0 Å². The molecule has 0 atom stereocenters. The van der Waals surface area contributed by atoms with Crippen LogP contribution in [0.2, 0.25) is 0 Å². The van der Waals surface area contributed by atoms with E-state index in [0.29, 0.717) is 0 Å². The summed E-state index contributed by atoms with van der Waals surface area (Å²) in [4.78, 5) is 4.62. The smallest absolute Gasteiger partial charge is 0.151 e. The van der Waals surface area contributed by atoms with Gasteiger partial charge in [-0.3, -0.25) is 0 Å². The molecule has 88 valence electrons. The SMILES string of the molecule is c1ccc(CCc2nc3n(n2)CCCC3)cc1.